The molecule has 1 aromatic carbocycles. The van der Waals surface area contributed by atoms with Crippen LogP contribution in [-0.2, 0) is 17.8 Å². The standard InChI is InChI=1S/C25H29N5O3/c1-33-21-4-2-3-20(14-21)17-28-9-5-18(6-10-28)13-19-7-12-30-22(15-19)23(16-26-30)29-11-8-24(31)27-25(29)32/h2-4,7,12,14-16,18H,5-6,8-11,13,17H2,1H3,(H,27,31,32). The number of anilines is 1. The van der Waals surface area contributed by atoms with Gasteiger partial charge in [-0.1, -0.05) is 12.1 Å². The first-order valence-corrected chi connectivity index (χ1v) is 11.5. The van der Waals surface area contributed by atoms with Crippen molar-refractivity contribution in [1.82, 2.24) is 19.8 Å². The third-order valence-corrected chi connectivity index (χ3v) is 6.68. The summed E-state index contributed by atoms with van der Waals surface area (Å²) < 4.78 is 7.14. The Balaban J connectivity index is 1.22. The fourth-order valence-corrected chi connectivity index (χ4v) is 4.85. The molecule has 8 heteroatoms. The molecule has 4 heterocycles. The van der Waals surface area contributed by atoms with E-state index in [9.17, 15) is 9.59 Å². The summed E-state index contributed by atoms with van der Waals surface area (Å²) in [4.78, 5) is 27.9. The van der Waals surface area contributed by atoms with Gasteiger partial charge in [0.1, 0.15) is 5.75 Å². The van der Waals surface area contributed by atoms with E-state index in [1.807, 2.05) is 18.3 Å². The highest BCUT2D eigenvalue weighted by Crippen LogP contribution is 2.27. The van der Waals surface area contributed by atoms with Crippen molar-refractivity contribution < 1.29 is 14.3 Å². The van der Waals surface area contributed by atoms with E-state index in [0.29, 0.717) is 18.9 Å². The smallest absolute Gasteiger partial charge is 0.328 e. The Morgan fingerprint density at radius 1 is 1.09 bits per heavy atom. The number of imide groups is 1. The lowest BCUT2D eigenvalue weighted by molar-refractivity contribution is -0.120. The quantitative estimate of drug-likeness (QED) is 0.628. The van der Waals surface area contributed by atoms with Crippen molar-refractivity contribution in [3.05, 3.63) is 59.9 Å². The van der Waals surface area contributed by atoms with Gasteiger partial charge < -0.3 is 4.74 Å². The summed E-state index contributed by atoms with van der Waals surface area (Å²) in [6.45, 7) is 3.51. The van der Waals surface area contributed by atoms with Crippen molar-refractivity contribution in [1.29, 1.82) is 0 Å². The van der Waals surface area contributed by atoms with Crippen LogP contribution in [0.4, 0.5) is 10.5 Å². The molecule has 2 saturated heterocycles. The molecule has 33 heavy (non-hydrogen) atoms. The van der Waals surface area contributed by atoms with Crippen molar-refractivity contribution in [2.24, 2.45) is 5.92 Å². The molecule has 0 atom stereocenters. The van der Waals surface area contributed by atoms with Crippen molar-refractivity contribution >= 4 is 23.1 Å². The van der Waals surface area contributed by atoms with Gasteiger partial charge in [-0.2, -0.15) is 5.10 Å². The summed E-state index contributed by atoms with van der Waals surface area (Å²) in [5.41, 5.74) is 4.18. The van der Waals surface area contributed by atoms with E-state index in [0.717, 1.165) is 55.9 Å². The average Bonchev–Trinajstić information content (AvgIpc) is 3.23. The maximum absolute atomic E-state index is 12.3. The van der Waals surface area contributed by atoms with Gasteiger partial charge in [-0.05, 0) is 73.7 Å². The predicted octanol–water partition coefficient (Wildman–Crippen LogP) is 3.24. The van der Waals surface area contributed by atoms with Gasteiger partial charge in [0.05, 0.1) is 24.5 Å². The summed E-state index contributed by atoms with van der Waals surface area (Å²) >= 11 is 0. The van der Waals surface area contributed by atoms with E-state index in [1.165, 1.54) is 11.1 Å². The number of hydrogen-bond acceptors (Lipinski definition) is 5. The number of nitrogens with one attached hydrogen (secondary N) is 1. The predicted molar refractivity (Wildman–Crippen MR) is 125 cm³/mol. The van der Waals surface area contributed by atoms with E-state index in [2.05, 4.69) is 39.6 Å². The third kappa shape index (κ3) is 4.71. The van der Waals surface area contributed by atoms with Gasteiger partial charge in [0.2, 0.25) is 5.91 Å². The Labute approximate surface area is 193 Å². The van der Waals surface area contributed by atoms with Gasteiger partial charge in [-0.25, -0.2) is 9.31 Å². The fourth-order valence-electron chi connectivity index (χ4n) is 4.85. The van der Waals surface area contributed by atoms with Crippen molar-refractivity contribution in [2.45, 2.75) is 32.2 Å². The Bertz CT molecular complexity index is 1170. The molecular formula is C25H29N5O3. The lowest BCUT2D eigenvalue weighted by Gasteiger charge is -2.32. The lowest BCUT2D eigenvalue weighted by Crippen LogP contribution is -2.49. The van der Waals surface area contributed by atoms with Crippen LogP contribution < -0.4 is 15.0 Å². The highest BCUT2D eigenvalue weighted by molar-refractivity contribution is 6.07. The number of benzene rings is 1. The van der Waals surface area contributed by atoms with Gasteiger partial charge in [0, 0.05) is 25.7 Å². The SMILES string of the molecule is COc1cccc(CN2CCC(Cc3ccn4ncc(N5CCC(=O)NC5=O)c4c3)CC2)c1. The molecule has 172 valence electrons. The first kappa shape index (κ1) is 21.5. The second-order valence-electron chi connectivity index (χ2n) is 8.92. The second kappa shape index (κ2) is 9.23. The fraction of sp³-hybridized carbons (Fsp3) is 0.400. The number of piperidine rings is 1. The first-order chi connectivity index (χ1) is 16.1. The largest absolute Gasteiger partial charge is 0.497 e. The molecular weight excluding hydrogens is 418 g/mol. The van der Waals surface area contributed by atoms with Crippen LogP contribution in [0.15, 0.2) is 48.8 Å². The van der Waals surface area contributed by atoms with Crippen LogP contribution in [0.5, 0.6) is 5.75 Å². The molecule has 2 aliphatic rings. The van der Waals surface area contributed by atoms with Gasteiger partial charge in [0.25, 0.3) is 0 Å². The summed E-state index contributed by atoms with van der Waals surface area (Å²) in [5, 5.41) is 6.78. The molecule has 2 aliphatic heterocycles. The number of ether oxygens (including phenoxy) is 1. The van der Waals surface area contributed by atoms with E-state index in [-0.39, 0.29) is 11.9 Å². The number of nitrogens with zero attached hydrogens (tertiary/aromatic N) is 4. The molecule has 0 unspecified atom stereocenters. The molecule has 3 aromatic rings. The van der Waals surface area contributed by atoms with E-state index < -0.39 is 0 Å². The van der Waals surface area contributed by atoms with Crippen LogP contribution in [-0.4, -0.2) is 53.2 Å². The van der Waals surface area contributed by atoms with E-state index in [1.54, 1.807) is 22.7 Å². The number of amides is 3. The number of methoxy groups -OCH3 is 1. The number of aromatic nitrogens is 2. The van der Waals surface area contributed by atoms with Gasteiger partial charge in [-0.3, -0.25) is 19.9 Å². The number of likely N-dealkylation sites (tertiary alicyclic amines) is 1. The summed E-state index contributed by atoms with van der Waals surface area (Å²) in [6.07, 6.45) is 7.30. The van der Waals surface area contributed by atoms with Gasteiger partial charge >= 0.3 is 6.03 Å². The van der Waals surface area contributed by atoms with Crippen LogP contribution in [0, 0.1) is 5.92 Å². The number of urea groups is 1. The van der Waals surface area contributed by atoms with Crippen LogP contribution >= 0.6 is 0 Å². The molecule has 0 aliphatic carbocycles. The van der Waals surface area contributed by atoms with Crippen LogP contribution in [0.25, 0.3) is 5.52 Å². The number of carbonyl (C=O) groups excluding carboxylic acids is 2. The second-order valence-corrected chi connectivity index (χ2v) is 8.92. The minimum atomic E-state index is -0.380. The summed E-state index contributed by atoms with van der Waals surface area (Å²) in [6, 6.07) is 12.2. The molecule has 2 aromatic heterocycles. The first-order valence-electron chi connectivity index (χ1n) is 11.5. The number of hydrogen-bond donors (Lipinski definition) is 1. The molecule has 2 fully saturated rings. The minimum absolute atomic E-state index is 0.230. The Morgan fingerprint density at radius 2 is 1.94 bits per heavy atom. The zero-order valence-corrected chi connectivity index (χ0v) is 18.9. The molecule has 1 N–H and O–H groups in total. The summed E-state index contributed by atoms with van der Waals surface area (Å²) in [7, 11) is 1.71. The average molecular weight is 448 g/mol. The zero-order chi connectivity index (χ0) is 22.8. The summed E-state index contributed by atoms with van der Waals surface area (Å²) in [5.74, 6) is 1.31. The van der Waals surface area contributed by atoms with E-state index >= 15 is 0 Å². The van der Waals surface area contributed by atoms with Crippen molar-refractivity contribution in [2.75, 3.05) is 31.6 Å². The normalized spacial score (nSPS) is 18.0. The van der Waals surface area contributed by atoms with Crippen LogP contribution in [0.3, 0.4) is 0 Å². The molecule has 5 rings (SSSR count). The monoisotopic (exact) mass is 447 g/mol. The van der Waals surface area contributed by atoms with Crippen LogP contribution in [0.1, 0.15) is 30.4 Å². The third-order valence-electron chi connectivity index (χ3n) is 6.68. The van der Waals surface area contributed by atoms with Crippen LogP contribution in [0.2, 0.25) is 0 Å². The Morgan fingerprint density at radius 3 is 2.73 bits per heavy atom. The highest BCUT2D eigenvalue weighted by atomic mass is 16.5. The zero-order valence-electron chi connectivity index (χ0n) is 18.9. The number of rotatable bonds is 6. The highest BCUT2D eigenvalue weighted by Gasteiger charge is 2.27. The van der Waals surface area contributed by atoms with Crippen molar-refractivity contribution in [3.63, 3.8) is 0 Å². The molecule has 0 saturated carbocycles. The maximum atomic E-state index is 12.3. The molecule has 3 amide bonds. The van der Waals surface area contributed by atoms with Gasteiger partial charge in [-0.15, -0.1) is 0 Å². The topological polar surface area (TPSA) is 79.2 Å². The number of carbonyl (C=O) groups is 2. The molecule has 0 bridgehead atoms. The Hall–Kier alpha value is -3.39. The molecule has 8 nitrogen and oxygen atoms in total. The number of pyridine rings is 1. The van der Waals surface area contributed by atoms with E-state index in [4.69, 9.17) is 4.74 Å². The number of fused-ring (bicyclic) bond motifs is 1. The molecule has 0 spiro atoms. The lowest BCUT2D eigenvalue weighted by atomic mass is 9.90. The maximum Gasteiger partial charge on any atom is 0.328 e. The Kier molecular flexibility index (Phi) is 6.00. The van der Waals surface area contributed by atoms with Crippen molar-refractivity contribution in [3.8, 4) is 5.75 Å². The molecule has 0 radical (unpaired) electrons. The van der Waals surface area contributed by atoms with Gasteiger partial charge in [0.15, 0.2) is 0 Å². The minimum Gasteiger partial charge on any atom is -0.497 e.